The summed E-state index contributed by atoms with van der Waals surface area (Å²) in [6, 6.07) is 10.9. The smallest absolute Gasteiger partial charge is 0.108 e. The standard InChI is InChI=1S/C38H66N2/c1-3-5-7-9-11-12-13-14-15-16-17-18-19-20-21-26-33-38-39-37(32-28-31-36-29-24-23-25-30-36)35-40(38)34-27-22-10-8-6-4-2/h23-25,29-30,35H,3-22,26-28,31-34H2,1-2H3. The molecule has 2 nitrogen and oxygen atoms in total. The minimum Gasteiger partial charge on any atom is -0.335 e. The molecule has 2 heteroatoms. The molecule has 0 saturated heterocycles. The lowest BCUT2D eigenvalue weighted by Gasteiger charge is -2.08. The summed E-state index contributed by atoms with van der Waals surface area (Å²) < 4.78 is 2.52. The van der Waals surface area contributed by atoms with Gasteiger partial charge in [-0.2, -0.15) is 0 Å². The van der Waals surface area contributed by atoms with Gasteiger partial charge in [0.05, 0.1) is 5.69 Å². The number of unbranched alkanes of at least 4 members (excludes halogenated alkanes) is 20. The van der Waals surface area contributed by atoms with Gasteiger partial charge in [-0.05, 0) is 37.7 Å². The topological polar surface area (TPSA) is 17.8 Å². The minimum atomic E-state index is 1.10. The molecule has 1 heterocycles. The molecule has 228 valence electrons. The van der Waals surface area contributed by atoms with Crippen molar-refractivity contribution < 1.29 is 0 Å². The van der Waals surface area contributed by atoms with E-state index in [1.807, 2.05) is 0 Å². The van der Waals surface area contributed by atoms with Crippen molar-refractivity contribution in [3.63, 3.8) is 0 Å². The van der Waals surface area contributed by atoms with Gasteiger partial charge in [0.2, 0.25) is 0 Å². The molecule has 0 saturated carbocycles. The van der Waals surface area contributed by atoms with E-state index in [0.29, 0.717) is 0 Å². The van der Waals surface area contributed by atoms with E-state index in [0.717, 1.165) is 25.8 Å². The molecule has 0 radical (unpaired) electrons. The third kappa shape index (κ3) is 18.0. The second kappa shape index (κ2) is 25.2. The summed E-state index contributed by atoms with van der Waals surface area (Å²) in [4.78, 5) is 5.14. The number of hydrogen-bond acceptors (Lipinski definition) is 1. The molecule has 0 aliphatic carbocycles. The number of imidazole rings is 1. The highest BCUT2D eigenvalue weighted by Crippen LogP contribution is 2.17. The van der Waals surface area contributed by atoms with Gasteiger partial charge in [-0.25, -0.2) is 4.98 Å². The average molecular weight is 551 g/mol. The maximum atomic E-state index is 5.14. The Balaban J connectivity index is 1.57. The Morgan fingerprint density at radius 1 is 0.475 bits per heavy atom. The largest absolute Gasteiger partial charge is 0.335 e. The van der Waals surface area contributed by atoms with Gasteiger partial charge in [-0.3, -0.25) is 0 Å². The molecule has 0 fully saturated rings. The quantitative estimate of drug-likeness (QED) is 0.0963. The van der Waals surface area contributed by atoms with E-state index in [-0.39, 0.29) is 0 Å². The third-order valence-electron chi connectivity index (χ3n) is 8.66. The molecule has 0 spiro atoms. The van der Waals surface area contributed by atoms with Gasteiger partial charge < -0.3 is 4.57 Å². The van der Waals surface area contributed by atoms with Gasteiger partial charge in [0.25, 0.3) is 0 Å². The third-order valence-corrected chi connectivity index (χ3v) is 8.66. The molecule has 0 aliphatic heterocycles. The SMILES string of the molecule is CCCCCCCCCCCCCCCCCCc1nc(CCCc2ccccc2)cn1CCCCCCCC. The van der Waals surface area contributed by atoms with E-state index in [1.165, 1.54) is 165 Å². The number of rotatable bonds is 28. The van der Waals surface area contributed by atoms with Crippen LogP contribution in [0.4, 0.5) is 0 Å². The van der Waals surface area contributed by atoms with Crippen LogP contribution < -0.4 is 0 Å². The van der Waals surface area contributed by atoms with Gasteiger partial charge >= 0.3 is 0 Å². The first-order valence-electron chi connectivity index (χ1n) is 17.9. The van der Waals surface area contributed by atoms with Gasteiger partial charge in [0, 0.05) is 19.2 Å². The van der Waals surface area contributed by atoms with Crippen molar-refractivity contribution in [3.05, 3.63) is 53.6 Å². The Labute approximate surface area is 250 Å². The number of aryl methyl sites for hydroxylation is 4. The van der Waals surface area contributed by atoms with Crippen molar-refractivity contribution in [1.29, 1.82) is 0 Å². The molecule has 0 atom stereocenters. The van der Waals surface area contributed by atoms with Crippen molar-refractivity contribution in [1.82, 2.24) is 9.55 Å². The van der Waals surface area contributed by atoms with Crippen molar-refractivity contribution >= 4 is 0 Å². The summed E-state index contributed by atoms with van der Waals surface area (Å²) >= 11 is 0. The first kappa shape index (κ1) is 34.6. The molecule has 0 N–H and O–H groups in total. The molecule has 0 unspecified atom stereocenters. The highest BCUT2D eigenvalue weighted by atomic mass is 15.1. The van der Waals surface area contributed by atoms with E-state index in [4.69, 9.17) is 4.98 Å². The van der Waals surface area contributed by atoms with Crippen LogP contribution in [0.1, 0.15) is 179 Å². The van der Waals surface area contributed by atoms with Crippen molar-refractivity contribution in [2.75, 3.05) is 0 Å². The first-order valence-corrected chi connectivity index (χ1v) is 17.9. The lowest BCUT2D eigenvalue weighted by Crippen LogP contribution is -2.03. The van der Waals surface area contributed by atoms with Crippen LogP contribution in [-0.2, 0) is 25.8 Å². The summed E-state index contributed by atoms with van der Waals surface area (Å²) in [6.45, 7) is 5.76. The van der Waals surface area contributed by atoms with Gasteiger partial charge in [0.1, 0.15) is 5.82 Å². The zero-order valence-corrected chi connectivity index (χ0v) is 27.0. The Morgan fingerprint density at radius 3 is 1.48 bits per heavy atom. The zero-order chi connectivity index (χ0) is 28.4. The number of benzene rings is 1. The molecule has 1 aromatic carbocycles. The fraction of sp³-hybridized carbons (Fsp3) is 0.763. The monoisotopic (exact) mass is 551 g/mol. The summed E-state index contributed by atoms with van der Waals surface area (Å²) in [5, 5.41) is 0. The van der Waals surface area contributed by atoms with Crippen LogP contribution >= 0.6 is 0 Å². The van der Waals surface area contributed by atoms with Crippen molar-refractivity contribution in [2.45, 2.75) is 187 Å². The van der Waals surface area contributed by atoms with Crippen LogP contribution in [0.5, 0.6) is 0 Å². The predicted molar refractivity (Wildman–Crippen MR) is 177 cm³/mol. The molecule has 0 bridgehead atoms. The Kier molecular flexibility index (Phi) is 21.8. The zero-order valence-electron chi connectivity index (χ0n) is 27.0. The Morgan fingerprint density at radius 2 is 0.950 bits per heavy atom. The molecule has 2 aromatic rings. The fourth-order valence-electron chi connectivity index (χ4n) is 6.04. The average Bonchev–Trinajstić information content (AvgIpc) is 3.36. The normalized spacial score (nSPS) is 11.4. The first-order chi connectivity index (χ1) is 19.8. The predicted octanol–water partition coefficient (Wildman–Crippen LogP) is 12.2. The van der Waals surface area contributed by atoms with Gasteiger partial charge in [-0.1, -0.05) is 173 Å². The summed E-state index contributed by atoms with van der Waals surface area (Å²) in [5.41, 5.74) is 2.76. The van der Waals surface area contributed by atoms with E-state index < -0.39 is 0 Å². The summed E-state index contributed by atoms with van der Waals surface area (Å²) in [6.07, 6.45) is 38.0. The number of hydrogen-bond donors (Lipinski definition) is 0. The maximum absolute atomic E-state index is 5.14. The van der Waals surface area contributed by atoms with Gasteiger partial charge in [-0.15, -0.1) is 0 Å². The molecule has 40 heavy (non-hydrogen) atoms. The second-order valence-electron chi connectivity index (χ2n) is 12.5. The maximum Gasteiger partial charge on any atom is 0.108 e. The highest BCUT2D eigenvalue weighted by Gasteiger charge is 2.08. The molecular formula is C38H66N2. The summed E-state index contributed by atoms with van der Waals surface area (Å²) in [7, 11) is 0. The Hall–Kier alpha value is -1.57. The molecular weight excluding hydrogens is 484 g/mol. The number of aromatic nitrogens is 2. The van der Waals surface area contributed by atoms with Crippen molar-refractivity contribution in [2.24, 2.45) is 0 Å². The molecule has 1 aromatic heterocycles. The lowest BCUT2D eigenvalue weighted by molar-refractivity contribution is 0.522. The van der Waals surface area contributed by atoms with Crippen LogP contribution in [-0.4, -0.2) is 9.55 Å². The van der Waals surface area contributed by atoms with Crippen LogP contribution in [0.15, 0.2) is 36.5 Å². The van der Waals surface area contributed by atoms with E-state index in [9.17, 15) is 0 Å². The highest BCUT2D eigenvalue weighted by molar-refractivity contribution is 5.15. The lowest BCUT2D eigenvalue weighted by atomic mass is 10.0. The van der Waals surface area contributed by atoms with Crippen LogP contribution in [0.2, 0.25) is 0 Å². The molecule has 0 aliphatic rings. The van der Waals surface area contributed by atoms with Crippen molar-refractivity contribution in [3.8, 4) is 0 Å². The van der Waals surface area contributed by atoms with Crippen LogP contribution in [0.25, 0.3) is 0 Å². The fourth-order valence-corrected chi connectivity index (χ4v) is 6.04. The molecule has 0 amide bonds. The second-order valence-corrected chi connectivity index (χ2v) is 12.5. The van der Waals surface area contributed by atoms with E-state index in [1.54, 1.807) is 0 Å². The minimum absolute atomic E-state index is 1.10. The molecule has 2 rings (SSSR count). The Bertz CT molecular complexity index is 793. The van der Waals surface area contributed by atoms with E-state index >= 15 is 0 Å². The van der Waals surface area contributed by atoms with Gasteiger partial charge in [0.15, 0.2) is 0 Å². The van der Waals surface area contributed by atoms with Crippen LogP contribution in [0.3, 0.4) is 0 Å². The van der Waals surface area contributed by atoms with E-state index in [2.05, 4.69) is 54.9 Å². The summed E-state index contributed by atoms with van der Waals surface area (Å²) in [5.74, 6) is 1.36. The van der Waals surface area contributed by atoms with Crippen LogP contribution in [0, 0.1) is 0 Å². The number of nitrogens with zero attached hydrogens (tertiary/aromatic N) is 2.